The number of halogens is 1. The van der Waals surface area contributed by atoms with Gasteiger partial charge < -0.3 is 14.8 Å². The van der Waals surface area contributed by atoms with E-state index in [9.17, 15) is 0 Å². The Labute approximate surface area is 132 Å². The molecule has 1 aromatic rings. The van der Waals surface area contributed by atoms with Gasteiger partial charge in [0.25, 0.3) is 0 Å². The fourth-order valence-electron chi connectivity index (χ4n) is 3.20. The van der Waals surface area contributed by atoms with Gasteiger partial charge in [-0.2, -0.15) is 0 Å². The normalized spacial score (nSPS) is 23.8. The van der Waals surface area contributed by atoms with Crippen LogP contribution >= 0.6 is 11.6 Å². The molecule has 1 aromatic carbocycles. The van der Waals surface area contributed by atoms with Crippen molar-refractivity contribution < 1.29 is 9.47 Å². The van der Waals surface area contributed by atoms with Crippen LogP contribution in [0.1, 0.15) is 44.6 Å². The molecule has 2 aliphatic rings. The van der Waals surface area contributed by atoms with Gasteiger partial charge in [0.2, 0.25) is 0 Å². The molecule has 0 bridgehead atoms. The maximum atomic E-state index is 6.36. The van der Waals surface area contributed by atoms with Crippen molar-refractivity contribution in [2.75, 3.05) is 13.2 Å². The average Bonchev–Trinajstić information content (AvgIpc) is 2.46. The monoisotopic (exact) mass is 309 g/mol. The zero-order valence-corrected chi connectivity index (χ0v) is 13.4. The maximum Gasteiger partial charge on any atom is 0.138 e. The lowest BCUT2D eigenvalue weighted by Gasteiger charge is -2.46. The van der Waals surface area contributed by atoms with Crippen molar-refractivity contribution in [1.82, 2.24) is 5.32 Å². The lowest BCUT2D eigenvalue weighted by molar-refractivity contribution is -0.153. The largest absolute Gasteiger partial charge is 0.489 e. The van der Waals surface area contributed by atoms with Gasteiger partial charge in [-0.15, -0.1) is 0 Å². The van der Waals surface area contributed by atoms with Gasteiger partial charge in [0.1, 0.15) is 11.9 Å². The number of nitrogens with one attached hydrogen (secondary N) is 1. The van der Waals surface area contributed by atoms with Gasteiger partial charge >= 0.3 is 0 Å². The van der Waals surface area contributed by atoms with Gasteiger partial charge in [-0.3, -0.25) is 0 Å². The molecule has 4 heteroatoms. The number of hydrogen-bond donors (Lipinski definition) is 1. The Morgan fingerprint density at radius 2 is 2.29 bits per heavy atom. The van der Waals surface area contributed by atoms with Crippen molar-refractivity contribution in [3.8, 4) is 5.75 Å². The van der Waals surface area contributed by atoms with Crippen LogP contribution in [0.2, 0.25) is 5.02 Å². The number of hydrogen-bond acceptors (Lipinski definition) is 3. The summed E-state index contributed by atoms with van der Waals surface area (Å²) in [6.07, 6.45) is 5.84. The first kappa shape index (κ1) is 15.1. The third-order valence-corrected chi connectivity index (χ3v) is 4.88. The van der Waals surface area contributed by atoms with Crippen LogP contribution < -0.4 is 10.1 Å². The molecule has 1 aliphatic heterocycles. The van der Waals surface area contributed by atoms with E-state index in [1.54, 1.807) is 0 Å². The topological polar surface area (TPSA) is 30.5 Å². The van der Waals surface area contributed by atoms with E-state index in [1.165, 1.54) is 24.8 Å². The summed E-state index contributed by atoms with van der Waals surface area (Å²) in [7, 11) is 0. The van der Waals surface area contributed by atoms with Gasteiger partial charge in [-0.1, -0.05) is 24.6 Å². The van der Waals surface area contributed by atoms with Gasteiger partial charge in [-0.05, 0) is 43.5 Å². The molecule has 1 heterocycles. The first-order chi connectivity index (χ1) is 10.2. The van der Waals surface area contributed by atoms with Gasteiger partial charge in [0.05, 0.1) is 17.2 Å². The molecule has 0 radical (unpaired) electrons. The van der Waals surface area contributed by atoms with Crippen LogP contribution in [0.25, 0.3) is 0 Å². The van der Waals surface area contributed by atoms with Gasteiger partial charge in [-0.25, -0.2) is 0 Å². The van der Waals surface area contributed by atoms with Gasteiger partial charge in [0, 0.05) is 19.4 Å². The quantitative estimate of drug-likeness (QED) is 0.894. The molecule has 0 amide bonds. The second-order valence-corrected chi connectivity index (χ2v) is 6.57. The summed E-state index contributed by atoms with van der Waals surface area (Å²) >= 11 is 6.36. The minimum Gasteiger partial charge on any atom is -0.489 e. The predicted octanol–water partition coefficient (Wildman–Crippen LogP) is 3.93. The first-order valence-corrected chi connectivity index (χ1v) is 8.38. The Morgan fingerprint density at radius 1 is 1.43 bits per heavy atom. The number of rotatable bonds is 5. The Hall–Kier alpha value is -0.770. The van der Waals surface area contributed by atoms with E-state index in [2.05, 4.69) is 18.3 Å². The summed E-state index contributed by atoms with van der Waals surface area (Å²) < 4.78 is 12.1. The Morgan fingerprint density at radius 3 is 2.95 bits per heavy atom. The molecular formula is C17H24ClNO2. The molecule has 116 valence electrons. The van der Waals surface area contributed by atoms with E-state index in [0.717, 1.165) is 38.3 Å². The molecule has 1 N–H and O–H groups in total. The zero-order valence-electron chi connectivity index (χ0n) is 12.7. The van der Waals surface area contributed by atoms with Crippen molar-refractivity contribution in [3.05, 3.63) is 28.8 Å². The third kappa shape index (κ3) is 3.53. The fourth-order valence-corrected chi connectivity index (χ4v) is 3.45. The smallest absolute Gasteiger partial charge is 0.138 e. The minimum absolute atomic E-state index is 0.111. The van der Waals surface area contributed by atoms with Crippen molar-refractivity contribution in [1.29, 1.82) is 0 Å². The molecule has 0 aromatic heterocycles. The Balaban J connectivity index is 1.61. The summed E-state index contributed by atoms with van der Waals surface area (Å²) in [5, 5.41) is 4.01. The van der Waals surface area contributed by atoms with E-state index in [4.69, 9.17) is 21.1 Å². The summed E-state index contributed by atoms with van der Waals surface area (Å²) in [6.45, 7) is 4.71. The SMILES string of the molecule is CCNCc1ccc(OC2CCOC3(CCC3)C2)c(Cl)c1. The summed E-state index contributed by atoms with van der Waals surface area (Å²) in [4.78, 5) is 0. The molecule has 1 unspecified atom stereocenters. The Kier molecular flexibility index (Phi) is 4.72. The summed E-state index contributed by atoms with van der Waals surface area (Å²) in [5.74, 6) is 0.804. The molecule has 1 saturated heterocycles. The van der Waals surface area contributed by atoms with Crippen LogP contribution in [-0.4, -0.2) is 24.9 Å². The maximum absolute atomic E-state index is 6.36. The highest BCUT2D eigenvalue weighted by atomic mass is 35.5. The van der Waals surface area contributed by atoms with E-state index in [1.807, 2.05) is 12.1 Å². The van der Waals surface area contributed by atoms with Crippen molar-refractivity contribution >= 4 is 11.6 Å². The summed E-state index contributed by atoms with van der Waals surface area (Å²) in [6, 6.07) is 6.08. The molecule has 3 rings (SSSR count). The van der Waals surface area contributed by atoms with E-state index in [-0.39, 0.29) is 11.7 Å². The van der Waals surface area contributed by atoms with E-state index >= 15 is 0 Å². The third-order valence-electron chi connectivity index (χ3n) is 4.58. The average molecular weight is 310 g/mol. The molecule has 1 saturated carbocycles. The van der Waals surface area contributed by atoms with Crippen LogP contribution in [0.5, 0.6) is 5.75 Å². The van der Waals surface area contributed by atoms with Crippen LogP contribution in [0.4, 0.5) is 0 Å². The molecule has 1 atom stereocenters. The lowest BCUT2D eigenvalue weighted by Crippen LogP contribution is -2.48. The zero-order chi connectivity index (χ0) is 14.7. The fraction of sp³-hybridized carbons (Fsp3) is 0.647. The predicted molar refractivity (Wildman–Crippen MR) is 85.0 cm³/mol. The van der Waals surface area contributed by atoms with Crippen LogP contribution in [0, 0.1) is 0 Å². The van der Waals surface area contributed by atoms with Crippen LogP contribution in [0.3, 0.4) is 0 Å². The molecular weight excluding hydrogens is 286 g/mol. The van der Waals surface area contributed by atoms with Crippen LogP contribution in [-0.2, 0) is 11.3 Å². The summed E-state index contributed by atoms with van der Waals surface area (Å²) in [5.41, 5.74) is 1.30. The lowest BCUT2D eigenvalue weighted by atomic mass is 9.74. The first-order valence-electron chi connectivity index (χ1n) is 8.00. The highest BCUT2D eigenvalue weighted by molar-refractivity contribution is 6.32. The molecule has 3 nitrogen and oxygen atoms in total. The van der Waals surface area contributed by atoms with Crippen molar-refractivity contribution in [2.45, 2.75) is 57.3 Å². The van der Waals surface area contributed by atoms with Gasteiger partial charge in [0.15, 0.2) is 0 Å². The standard InChI is InChI=1S/C17H24ClNO2/c1-2-19-12-13-4-5-16(15(18)10-13)21-14-6-9-20-17(11-14)7-3-8-17/h4-5,10,14,19H,2-3,6-9,11-12H2,1H3. The highest BCUT2D eigenvalue weighted by Gasteiger charge is 2.43. The Bertz CT molecular complexity index is 488. The van der Waals surface area contributed by atoms with Crippen molar-refractivity contribution in [2.24, 2.45) is 0 Å². The van der Waals surface area contributed by atoms with Crippen molar-refractivity contribution in [3.63, 3.8) is 0 Å². The second-order valence-electron chi connectivity index (χ2n) is 6.16. The highest BCUT2D eigenvalue weighted by Crippen LogP contribution is 2.43. The van der Waals surface area contributed by atoms with Crippen LogP contribution in [0.15, 0.2) is 18.2 Å². The van der Waals surface area contributed by atoms with E-state index < -0.39 is 0 Å². The number of benzene rings is 1. The molecule has 1 aliphatic carbocycles. The molecule has 2 fully saturated rings. The minimum atomic E-state index is 0.111. The second kappa shape index (κ2) is 6.55. The molecule has 21 heavy (non-hydrogen) atoms. The number of ether oxygens (including phenoxy) is 2. The molecule has 1 spiro atoms. The van der Waals surface area contributed by atoms with E-state index in [0.29, 0.717) is 5.02 Å².